The Hall–Kier alpha value is -1.78. The van der Waals surface area contributed by atoms with Gasteiger partial charge in [-0.1, -0.05) is 23.9 Å². The third-order valence-corrected chi connectivity index (χ3v) is 3.22. The zero-order valence-corrected chi connectivity index (χ0v) is 10.7. The molecule has 1 heterocycles. The first-order chi connectivity index (χ1) is 9.49. The molecule has 104 valence electrons. The van der Waals surface area contributed by atoms with E-state index < -0.39 is 24.2 Å². The predicted molar refractivity (Wildman–Crippen MR) is 71.8 cm³/mol. The van der Waals surface area contributed by atoms with Crippen molar-refractivity contribution in [1.82, 2.24) is 5.32 Å². The van der Waals surface area contributed by atoms with Crippen molar-refractivity contribution in [3.05, 3.63) is 29.3 Å². The maximum atomic E-state index is 13.6. The van der Waals surface area contributed by atoms with E-state index in [1.54, 1.807) is 0 Å². The van der Waals surface area contributed by atoms with Crippen LogP contribution in [0.3, 0.4) is 0 Å². The molecule has 0 spiro atoms. The largest absolute Gasteiger partial charge is 0.491 e. The fraction of sp³-hybridized carbons (Fsp3) is 0.100. The van der Waals surface area contributed by atoms with Crippen molar-refractivity contribution in [3.8, 4) is 0 Å². The van der Waals surface area contributed by atoms with E-state index in [9.17, 15) is 13.6 Å². The SMILES string of the molecule is O=C1CSC(=NN=Cc2ccc(B(O)O)c(F)c2F)N1. The lowest BCUT2D eigenvalue weighted by Crippen LogP contribution is -2.33. The highest BCUT2D eigenvalue weighted by molar-refractivity contribution is 8.15. The van der Waals surface area contributed by atoms with E-state index in [1.807, 2.05) is 0 Å². The highest BCUT2D eigenvalue weighted by Crippen LogP contribution is 2.10. The number of nitrogens with zero attached hydrogens (tertiary/aromatic N) is 2. The van der Waals surface area contributed by atoms with Gasteiger partial charge >= 0.3 is 7.12 Å². The molecule has 0 radical (unpaired) electrons. The van der Waals surface area contributed by atoms with Crippen molar-refractivity contribution in [2.45, 2.75) is 0 Å². The molecular formula is C10H8BF2N3O3S. The number of carbonyl (C=O) groups excluding carboxylic acids is 1. The summed E-state index contributed by atoms with van der Waals surface area (Å²) < 4.78 is 27.0. The molecule has 1 fully saturated rings. The van der Waals surface area contributed by atoms with Gasteiger partial charge in [-0.05, 0) is 0 Å². The Labute approximate surface area is 116 Å². The van der Waals surface area contributed by atoms with Crippen LogP contribution in [0.5, 0.6) is 0 Å². The molecule has 2 rings (SSSR count). The van der Waals surface area contributed by atoms with E-state index in [2.05, 4.69) is 15.5 Å². The van der Waals surface area contributed by atoms with E-state index >= 15 is 0 Å². The number of amidine groups is 1. The quantitative estimate of drug-likeness (QED) is 0.387. The fourth-order valence-electron chi connectivity index (χ4n) is 1.40. The van der Waals surface area contributed by atoms with E-state index in [-0.39, 0.29) is 22.4 Å². The van der Waals surface area contributed by atoms with Crippen molar-refractivity contribution in [1.29, 1.82) is 0 Å². The fourth-order valence-corrected chi connectivity index (χ4v) is 2.03. The molecule has 1 aromatic rings. The summed E-state index contributed by atoms with van der Waals surface area (Å²) in [6, 6.07) is 2.17. The molecule has 1 saturated heterocycles. The third-order valence-electron chi connectivity index (χ3n) is 2.35. The molecule has 10 heteroatoms. The van der Waals surface area contributed by atoms with Crippen LogP contribution < -0.4 is 10.8 Å². The van der Waals surface area contributed by atoms with Gasteiger partial charge in [-0.25, -0.2) is 8.78 Å². The van der Waals surface area contributed by atoms with Gasteiger partial charge in [-0.2, -0.15) is 5.10 Å². The van der Waals surface area contributed by atoms with E-state index in [4.69, 9.17) is 10.0 Å². The number of amides is 1. The number of carbonyl (C=O) groups is 1. The molecule has 0 saturated carbocycles. The summed E-state index contributed by atoms with van der Waals surface area (Å²) in [4.78, 5) is 10.9. The average Bonchev–Trinajstić information content (AvgIpc) is 2.80. The molecule has 0 aromatic heterocycles. The minimum Gasteiger partial charge on any atom is -0.423 e. The molecule has 0 atom stereocenters. The van der Waals surface area contributed by atoms with Crippen molar-refractivity contribution in [2.24, 2.45) is 10.2 Å². The second-order valence-electron chi connectivity index (χ2n) is 3.73. The Kier molecular flexibility index (Phi) is 4.48. The second-order valence-corrected chi connectivity index (χ2v) is 4.70. The van der Waals surface area contributed by atoms with Crippen LogP contribution in [0.4, 0.5) is 8.78 Å². The van der Waals surface area contributed by atoms with Crippen LogP contribution in [0.25, 0.3) is 0 Å². The summed E-state index contributed by atoms with van der Waals surface area (Å²) in [7, 11) is -2.10. The molecule has 0 unspecified atom stereocenters. The molecule has 0 aliphatic carbocycles. The van der Waals surface area contributed by atoms with Gasteiger partial charge in [0.05, 0.1) is 12.0 Å². The molecule has 1 aliphatic rings. The zero-order valence-electron chi connectivity index (χ0n) is 9.88. The number of hydrogen-bond acceptors (Lipinski definition) is 6. The Morgan fingerprint density at radius 1 is 1.35 bits per heavy atom. The van der Waals surface area contributed by atoms with Gasteiger partial charge < -0.3 is 15.4 Å². The third kappa shape index (κ3) is 3.21. The minimum absolute atomic E-state index is 0.203. The molecule has 1 amide bonds. The van der Waals surface area contributed by atoms with Crippen LogP contribution in [-0.2, 0) is 4.79 Å². The molecule has 3 N–H and O–H groups in total. The van der Waals surface area contributed by atoms with Gasteiger partial charge in [-0.3, -0.25) is 4.79 Å². The molecule has 1 aliphatic heterocycles. The summed E-state index contributed by atoms with van der Waals surface area (Å²) in [5.41, 5.74) is -0.768. The molecular weight excluding hydrogens is 291 g/mol. The van der Waals surface area contributed by atoms with Gasteiger partial charge in [0.2, 0.25) is 5.91 Å². The Morgan fingerprint density at radius 3 is 2.70 bits per heavy atom. The number of benzene rings is 1. The lowest BCUT2D eigenvalue weighted by molar-refractivity contribution is -0.116. The Bertz CT molecular complexity index is 610. The van der Waals surface area contributed by atoms with Crippen molar-refractivity contribution >= 4 is 41.6 Å². The highest BCUT2D eigenvalue weighted by Gasteiger charge is 2.21. The monoisotopic (exact) mass is 299 g/mol. The second kappa shape index (κ2) is 6.12. The number of rotatable bonds is 3. The Balaban J connectivity index is 2.18. The van der Waals surface area contributed by atoms with Crippen LogP contribution >= 0.6 is 11.8 Å². The summed E-state index contributed by atoms with van der Waals surface area (Å²) in [6.07, 6.45) is 0.962. The maximum absolute atomic E-state index is 13.6. The number of hydrogen-bond donors (Lipinski definition) is 3. The first-order valence-electron chi connectivity index (χ1n) is 5.36. The van der Waals surface area contributed by atoms with Crippen LogP contribution in [0, 0.1) is 11.6 Å². The van der Waals surface area contributed by atoms with E-state index in [0.717, 1.165) is 30.1 Å². The number of nitrogens with one attached hydrogen (secondary N) is 1. The number of thioether (sulfide) groups is 1. The van der Waals surface area contributed by atoms with Crippen LogP contribution in [0.1, 0.15) is 5.56 Å². The average molecular weight is 299 g/mol. The topological polar surface area (TPSA) is 94.3 Å². The Morgan fingerprint density at radius 2 is 2.10 bits per heavy atom. The maximum Gasteiger partial charge on any atom is 0.491 e. The molecule has 0 bridgehead atoms. The number of halogens is 2. The zero-order chi connectivity index (χ0) is 14.7. The molecule has 1 aromatic carbocycles. The van der Waals surface area contributed by atoms with Crippen molar-refractivity contribution in [3.63, 3.8) is 0 Å². The highest BCUT2D eigenvalue weighted by atomic mass is 32.2. The summed E-state index contributed by atoms with van der Waals surface area (Å²) in [6.45, 7) is 0. The standard InChI is InChI=1S/C10H8BF2N3O3S/c12-8-5(1-2-6(9(8)13)11(18)19)3-14-16-10-15-7(17)4-20-10/h1-3,18-19H,4H2,(H,15,16,17). The van der Waals surface area contributed by atoms with Gasteiger partial charge in [0.25, 0.3) is 0 Å². The summed E-state index contributed by atoms with van der Waals surface area (Å²) in [5.74, 6) is -2.59. The van der Waals surface area contributed by atoms with E-state index in [1.165, 1.54) is 0 Å². The van der Waals surface area contributed by atoms with Crippen LogP contribution in [0.15, 0.2) is 22.3 Å². The van der Waals surface area contributed by atoms with Crippen molar-refractivity contribution in [2.75, 3.05) is 5.75 Å². The first kappa shape index (κ1) is 14.6. The lowest BCUT2D eigenvalue weighted by Gasteiger charge is -2.04. The van der Waals surface area contributed by atoms with Gasteiger partial charge in [0.1, 0.15) is 0 Å². The predicted octanol–water partition coefficient (Wildman–Crippen LogP) is -0.803. The van der Waals surface area contributed by atoms with E-state index in [0.29, 0.717) is 0 Å². The van der Waals surface area contributed by atoms with Crippen LogP contribution in [0.2, 0.25) is 0 Å². The van der Waals surface area contributed by atoms with Crippen molar-refractivity contribution < 1.29 is 23.6 Å². The van der Waals surface area contributed by atoms with Crippen LogP contribution in [-0.4, -0.2) is 40.2 Å². The summed E-state index contributed by atoms with van der Waals surface area (Å²) in [5, 5.41) is 27.5. The van der Waals surface area contributed by atoms with Gasteiger partial charge in [-0.15, -0.1) is 5.10 Å². The first-order valence-corrected chi connectivity index (χ1v) is 6.35. The molecule has 6 nitrogen and oxygen atoms in total. The minimum atomic E-state index is -2.10. The lowest BCUT2D eigenvalue weighted by atomic mass is 9.79. The smallest absolute Gasteiger partial charge is 0.423 e. The normalized spacial score (nSPS) is 17.0. The molecule has 20 heavy (non-hydrogen) atoms. The van der Waals surface area contributed by atoms with Gasteiger partial charge in [0, 0.05) is 11.0 Å². The van der Waals surface area contributed by atoms with Gasteiger partial charge in [0.15, 0.2) is 16.8 Å². The summed E-state index contributed by atoms with van der Waals surface area (Å²) >= 11 is 1.14.